The first-order valence-corrected chi connectivity index (χ1v) is 20.4. The zero-order valence-corrected chi connectivity index (χ0v) is 34.9. The Kier molecular flexibility index (Phi) is 12.4. The number of aryl methyl sites for hydroxylation is 1. The fourth-order valence-corrected chi connectivity index (χ4v) is 8.60. The van der Waals surface area contributed by atoms with E-state index in [-0.39, 0.29) is 36.0 Å². The van der Waals surface area contributed by atoms with Gasteiger partial charge in [0.25, 0.3) is 0 Å². The molecule has 300 valence electrons. The van der Waals surface area contributed by atoms with Gasteiger partial charge in [-0.2, -0.15) is 0 Å². The minimum atomic E-state index is -0.347. The van der Waals surface area contributed by atoms with Gasteiger partial charge in [0.05, 0.1) is 29.7 Å². The van der Waals surface area contributed by atoms with E-state index in [1.807, 2.05) is 141 Å². The summed E-state index contributed by atoms with van der Waals surface area (Å²) in [5.41, 5.74) is 9.97. The molecule has 58 heavy (non-hydrogen) atoms. The number of aliphatic imine (C=N–C) groups is 1. The Morgan fingerprint density at radius 2 is 1.40 bits per heavy atom. The molecule has 5 aromatic rings. The van der Waals surface area contributed by atoms with Gasteiger partial charge < -0.3 is 14.8 Å². The molecule has 0 aliphatic carbocycles. The highest BCUT2D eigenvalue weighted by Gasteiger charge is 2.38. The Balaban J connectivity index is 1.02. The van der Waals surface area contributed by atoms with Gasteiger partial charge in [0.1, 0.15) is 17.9 Å². The number of pyridine rings is 1. The first-order chi connectivity index (χ1) is 28.0. The maximum absolute atomic E-state index is 14.0. The SMILES string of the molecule is CC(=N/C=C(\C)c1ccc(-c2ccc(-c3cnc([C@@H]4CCCN4C(=O)[C@@H](c4ccccc4)N(C)C)[nH]3)cc2C)nc1)[C@@H]1CCCN1C(=O)[C@@H](c1ccccc1)N(C)C. The minimum absolute atomic E-state index is 0.0233. The third-order valence-electron chi connectivity index (χ3n) is 11.7. The molecule has 10 heteroatoms. The largest absolute Gasteiger partial charge is 0.340 e. The lowest BCUT2D eigenvalue weighted by atomic mass is 10.00. The van der Waals surface area contributed by atoms with Crippen molar-refractivity contribution in [1.82, 2.24) is 34.6 Å². The van der Waals surface area contributed by atoms with Gasteiger partial charge >= 0.3 is 0 Å². The highest BCUT2D eigenvalue weighted by Crippen LogP contribution is 2.36. The van der Waals surface area contributed by atoms with Gasteiger partial charge in [-0.1, -0.05) is 78.9 Å². The van der Waals surface area contributed by atoms with Gasteiger partial charge in [-0.3, -0.25) is 29.4 Å². The van der Waals surface area contributed by atoms with Crippen LogP contribution in [0.1, 0.15) is 85.7 Å². The molecule has 7 rings (SSSR count). The van der Waals surface area contributed by atoms with E-state index in [0.29, 0.717) is 6.54 Å². The number of H-pyrrole nitrogens is 1. The van der Waals surface area contributed by atoms with Crippen LogP contribution in [0, 0.1) is 6.92 Å². The molecule has 1 N–H and O–H groups in total. The van der Waals surface area contributed by atoms with Crippen LogP contribution in [0.3, 0.4) is 0 Å². The fraction of sp³-hybridized carbons (Fsp3) is 0.354. The van der Waals surface area contributed by atoms with E-state index in [9.17, 15) is 9.59 Å². The van der Waals surface area contributed by atoms with Crippen molar-refractivity contribution in [3.63, 3.8) is 0 Å². The monoisotopic (exact) mass is 776 g/mol. The smallest absolute Gasteiger partial charge is 0.245 e. The Bertz CT molecular complexity index is 2260. The summed E-state index contributed by atoms with van der Waals surface area (Å²) in [6, 6.07) is 29.7. The first kappa shape index (κ1) is 40.5. The summed E-state index contributed by atoms with van der Waals surface area (Å²) in [6.07, 6.45) is 9.37. The minimum Gasteiger partial charge on any atom is -0.340 e. The predicted octanol–water partition coefficient (Wildman–Crippen LogP) is 8.53. The summed E-state index contributed by atoms with van der Waals surface area (Å²) in [7, 11) is 7.84. The number of likely N-dealkylation sites (N-methyl/N-ethyl adjacent to an activating group) is 2. The second-order valence-corrected chi connectivity index (χ2v) is 16.2. The summed E-state index contributed by atoms with van der Waals surface area (Å²) in [6.45, 7) is 7.63. The molecule has 2 aliphatic rings. The maximum atomic E-state index is 14.0. The quantitative estimate of drug-likeness (QED) is 0.128. The van der Waals surface area contributed by atoms with Gasteiger partial charge in [-0.15, -0.1) is 0 Å². The number of benzene rings is 3. The topological polar surface area (TPSA) is 101 Å². The van der Waals surface area contributed by atoms with Crippen molar-refractivity contribution < 1.29 is 9.59 Å². The highest BCUT2D eigenvalue weighted by atomic mass is 16.2. The number of likely N-dealkylation sites (tertiary alicyclic amines) is 2. The van der Waals surface area contributed by atoms with E-state index in [4.69, 9.17) is 15.0 Å². The number of carbonyl (C=O) groups excluding carboxylic acids is 2. The van der Waals surface area contributed by atoms with Crippen LogP contribution < -0.4 is 0 Å². The second kappa shape index (κ2) is 17.8. The lowest BCUT2D eigenvalue weighted by Gasteiger charge is -2.32. The Labute approximate surface area is 343 Å². The van der Waals surface area contributed by atoms with Crippen molar-refractivity contribution in [1.29, 1.82) is 0 Å². The van der Waals surface area contributed by atoms with Gasteiger partial charge in [0.15, 0.2) is 0 Å². The van der Waals surface area contributed by atoms with Crippen molar-refractivity contribution in [2.45, 2.75) is 70.6 Å². The van der Waals surface area contributed by atoms with Crippen LogP contribution in [0.5, 0.6) is 0 Å². The number of allylic oxidation sites excluding steroid dienone is 1. The molecule has 2 aliphatic heterocycles. The standard InChI is InChI=1S/C48H56N8O2/c1-32-28-37(41-31-51-46(52-41)43-21-15-27-56(43)48(58)45(54(6)7)36-18-12-9-13-19-36)22-24-39(32)40-25-23-38(30-50-40)33(2)29-49-34(3)42-20-14-26-55(42)47(57)44(53(4)5)35-16-10-8-11-17-35/h8-13,16-19,22-25,28-31,42-45H,14-15,20-21,26-27H2,1-7H3,(H,51,52)/b33-29+,49-34?/t42-,43-,44+,45+/m0/s1. The van der Waals surface area contributed by atoms with E-state index in [2.05, 4.69) is 42.2 Å². The zero-order valence-electron chi connectivity index (χ0n) is 34.9. The molecule has 0 spiro atoms. The first-order valence-electron chi connectivity index (χ1n) is 20.4. The molecule has 3 aromatic carbocycles. The van der Waals surface area contributed by atoms with Crippen LogP contribution in [0.4, 0.5) is 0 Å². The van der Waals surface area contributed by atoms with Gasteiger partial charge in [0.2, 0.25) is 11.8 Å². The van der Waals surface area contributed by atoms with Crippen molar-refractivity contribution in [3.8, 4) is 22.5 Å². The zero-order chi connectivity index (χ0) is 40.9. The molecule has 2 amide bonds. The summed E-state index contributed by atoms with van der Waals surface area (Å²) < 4.78 is 0. The molecule has 2 aromatic heterocycles. The molecule has 10 nitrogen and oxygen atoms in total. The van der Waals surface area contributed by atoms with Crippen LogP contribution in [0.15, 0.2) is 115 Å². The van der Waals surface area contributed by atoms with E-state index < -0.39 is 0 Å². The molecule has 0 bridgehead atoms. The number of amides is 2. The number of aromatic nitrogens is 3. The van der Waals surface area contributed by atoms with Crippen molar-refractivity contribution in [3.05, 3.63) is 138 Å². The van der Waals surface area contributed by atoms with Crippen LogP contribution in [-0.4, -0.2) is 99.4 Å². The maximum Gasteiger partial charge on any atom is 0.245 e. The molecule has 0 radical (unpaired) electrons. The third kappa shape index (κ3) is 8.59. The van der Waals surface area contributed by atoms with Gasteiger partial charge in [0, 0.05) is 36.8 Å². The Hall–Kier alpha value is -5.71. The van der Waals surface area contributed by atoms with Crippen LogP contribution in [0.2, 0.25) is 0 Å². The number of imidazole rings is 1. The van der Waals surface area contributed by atoms with Crippen molar-refractivity contribution in [2.75, 3.05) is 41.3 Å². The summed E-state index contributed by atoms with van der Waals surface area (Å²) in [5, 5.41) is 0. The van der Waals surface area contributed by atoms with Crippen LogP contribution in [0.25, 0.3) is 28.1 Å². The molecular formula is C48H56N8O2. The number of hydrogen-bond acceptors (Lipinski definition) is 7. The molecular weight excluding hydrogens is 721 g/mol. The van der Waals surface area contributed by atoms with Gasteiger partial charge in [-0.05, 0) is 120 Å². The summed E-state index contributed by atoms with van der Waals surface area (Å²) >= 11 is 0. The molecule has 2 saturated heterocycles. The second-order valence-electron chi connectivity index (χ2n) is 16.2. The lowest BCUT2D eigenvalue weighted by Crippen LogP contribution is -2.45. The molecule has 2 fully saturated rings. The summed E-state index contributed by atoms with van der Waals surface area (Å²) in [5.74, 6) is 1.04. The Morgan fingerprint density at radius 3 is 2.00 bits per heavy atom. The number of nitrogens with one attached hydrogen (secondary N) is 1. The predicted molar refractivity (Wildman–Crippen MR) is 233 cm³/mol. The molecule has 4 atom stereocenters. The number of carbonyl (C=O) groups is 2. The van der Waals surface area contributed by atoms with E-state index in [1.165, 1.54) is 0 Å². The number of hydrogen-bond donors (Lipinski definition) is 1. The number of rotatable bonds is 12. The average molecular weight is 777 g/mol. The number of aromatic amines is 1. The number of nitrogens with zero attached hydrogens (tertiary/aromatic N) is 7. The molecule has 0 unspecified atom stereocenters. The Morgan fingerprint density at radius 1 is 0.776 bits per heavy atom. The normalized spacial score (nSPS) is 18.6. The van der Waals surface area contributed by atoms with Crippen molar-refractivity contribution >= 4 is 23.1 Å². The van der Waals surface area contributed by atoms with Gasteiger partial charge in [-0.25, -0.2) is 4.98 Å². The molecule has 4 heterocycles. The van der Waals surface area contributed by atoms with E-state index in [1.54, 1.807) is 0 Å². The summed E-state index contributed by atoms with van der Waals surface area (Å²) in [4.78, 5) is 53.9. The van der Waals surface area contributed by atoms with E-state index >= 15 is 0 Å². The van der Waals surface area contributed by atoms with Crippen molar-refractivity contribution in [2.24, 2.45) is 4.99 Å². The lowest BCUT2D eigenvalue weighted by molar-refractivity contribution is -0.137. The van der Waals surface area contributed by atoms with Crippen LogP contribution >= 0.6 is 0 Å². The average Bonchev–Trinajstić information content (AvgIpc) is 4.02. The highest BCUT2D eigenvalue weighted by molar-refractivity contribution is 5.94. The fourth-order valence-electron chi connectivity index (χ4n) is 8.60. The van der Waals surface area contributed by atoms with E-state index in [0.717, 1.165) is 94.1 Å². The third-order valence-corrected chi connectivity index (χ3v) is 11.7. The molecule has 0 saturated carbocycles. The van der Waals surface area contributed by atoms with Crippen LogP contribution in [-0.2, 0) is 9.59 Å².